The summed E-state index contributed by atoms with van der Waals surface area (Å²) in [6, 6.07) is 10.3. The minimum atomic E-state index is -3.78. The molecule has 2 aliphatic rings. The summed E-state index contributed by atoms with van der Waals surface area (Å²) in [6.45, 7) is 4.41. The predicted octanol–water partition coefficient (Wildman–Crippen LogP) is 7.15. The highest BCUT2D eigenvalue weighted by atomic mass is 127. The number of ether oxygens (including phenoxy) is 1. The van der Waals surface area contributed by atoms with E-state index in [1.54, 1.807) is 0 Å². The van der Waals surface area contributed by atoms with Crippen LogP contribution in [-0.2, 0) is 0 Å². The van der Waals surface area contributed by atoms with Crippen molar-refractivity contribution in [1.29, 1.82) is 0 Å². The van der Waals surface area contributed by atoms with E-state index in [0.29, 0.717) is 33.2 Å². The maximum Gasteiger partial charge on any atom is 0.487 e. The Balaban J connectivity index is 1.58. The van der Waals surface area contributed by atoms with Gasteiger partial charge in [0.1, 0.15) is 5.75 Å². The van der Waals surface area contributed by atoms with Crippen molar-refractivity contribution in [3.05, 3.63) is 52.0 Å². The summed E-state index contributed by atoms with van der Waals surface area (Å²) in [5.74, 6) is 0.0630. The molecule has 4 nitrogen and oxygen atoms in total. The molecule has 31 heavy (non-hydrogen) atoms. The van der Waals surface area contributed by atoms with Crippen LogP contribution < -0.4 is 15.0 Å². The third kappa shape index (κ3) is 4.66. The van der Waals surface area contributed by atoms with Gasteiger partial charge in [-0.2, -0.15) is 0 Å². The predicted molar refractivity (Wildman–Crippen MR) is 131 cm³/mol. The first kappa shape index (κ1) is 23.0. The van der Waals surface area contributed by atoms with Crippen molar-refractivity contribution in [2.45, 2.75) is 54.2 Å². The Labute approximate surface area is 206 Å². The van der Waals surface area contributed by atoms with Crippen molar-refractivity contribution < 1.29 is 18.3 Å². The zero-order valence-electron chi connectivity index (χ0n) is 16.8. The fourth-order valence-corrected chi connectivity index (χ4v) is 6.62. The van der Waals surface area contributed by atoms with E-state index in [9.17, 15) is 13.6 Å². The Morgan fingerprint density at radius 2 is 1.97 bits per heavy atom. The molecule has 4 rings (SSSR count). The molecular formula is C22H21BrClF2IN2O2. The Kier molecular flexibility index (Phi) is 6.44. The summed E-state index contributed by atoms with van der Waals surface area (Å²) in [5.41, 5.74) is -0.349. The van der Waals surface area contributed by atoms with Crippen LogP contribution in [0.15, 0.2) is 40.9 Å². The first-order valence-corrected chi connectivity index (χ1v) is 12.4. The number of benzene rings is 2. The summed E-state index contributed by atoms with van der Waals surface area (Å²) in [6.07, 6.45) is 2.28. The van der Waals surface area contributed by atoms with Gasteiger partial charge in [-0.05, 0) is 84.6 Å². The zero-order chi connectivity index (χ0) is 22.5. The number of nitrogens with zero attached hydrogens (tertiary/aromatic N) is 1. The maximum absolute atomic E-state index is 12.9. The second kappa shape index (κ2) is 8.67. The van der Waals surface area contributed by atoms with E-state index in [1.807, 2.05) is 12.1 Å². The van der Waals surface area contributed by atoms with Crippen LogP contribution in [0.5, 0.6) is 5.75 Å². The average Bonchev–Trinajstić information content (AvgIpc) is 3.20. The van der Waals surface area contributed by atoms with Crippen molar-refractivity contribution in [1.82, 2.24) is 0 Å². The molecule has 1 heterocycles. The molecule has 1 aliphatic heterocycles. The van der Waals surface area contributed by atoms with Gasteiger partial charge in [0.25, 0.3) is 5.91 Å². The Morgan fingerprint density at radius 3 is 2.58 bits per heavy atom. The summed E-state index contributed by atoms with van der Waals surface area (Å²) >= 11 is 11.0. The summed E-state index contributed by atoms with van der Waals surface area (Å²) < 4.78 is 31.3. The quantitative estimate of drug-likeness (QED) is 0.284. The highest BCUT2D eigenvalue weighted by molar-refractivity contribution is 14.1. The average molecular weight is 626 g/mol. The number of carbonyl (C=O) groups is 1. The zero-order valence-corrected chi connectivity index (χ0v) is 21.3. The van der Waals surface area contributed by atoms with E-state index in [-0.39, 0.29) is 11.7 Å². The van der Waals surface area contributed by atoms with Crippen LogP contribution in [0.3, 0.4) is 0 Å². The van der Waals surface area contributed by atoms with Crippen molar-refractivity contribution in [3.8, 4) is 5.75 Å². The lowest BCUT2D eigenvalue weighted by Crippen LogP contribution is -2.41. The van der Waals surface area contributed by atoms with Gasteiger partial charge >= 0.3 is 5.57 Å². The molecule has 1 saturated carbocycles. The number of rotatable bonds is 5. The van der Waals surface area contributed by atoms with Crippen LogP contribution in [0.1, 0.15) is 48.5 Å². The molecule has 9 heteroatoms. The largest absolute Gasteiger partial charge is 0.487 e. The molecule has 1 fully saturated rings. The van der Waals surface area contributed by atoms with E-state index in [0.717, 1.165) is 10.9 Å². The van der Waals surface area contributed by atoms with E-state index in [1.165, 1.54) is 41.9 Å². The molecule has 2 aromatic carbocycles. The number of anilines is 2. The van der Waals surface area contributed by atoms with E-state index < -0.39 is 5.57 Å². The van der Waals surface area contributed by atoms with Crippen LogP contribution in [0.2, 0.25) is 0 Å². The summed E-state index contributed by atoms with van der Waals surface area (Å²) in [7, 11) is 0. The number of hydrogen-bond donors (Lipinski definition) is 1. The van der Waals surface area contributed by atoms with Gasteiger partial charge in [0.2, 0.25) is 0 Å². The molecule has 0 bridgehead atoms. The monoisotopic (exact) mass is 624 g/mol. The van der Waals surface area contributed by atoms with Crippen LogP contribution in [0.4, 0.5) is 20.2 Å². The maximum atomic E-state index is 12.9. The molecule has 166 valence electrons. The molecule has 2 aromatic rings. The summed E-state index contributed by atoms with van der Waals surface area (Å²) in [5, 5.41) is 2.82. The number of carbonyl (C=O) groups excluding carboxylic acids is 1. The van der Waals surface area contributed by atoms with Crippen molar-refractivity contribution >= 4 is 67.4 Å². The number of hydrogen-bond acceptors (Lipinski definition) is 3. The van der Waals surface area contributed by atoms with Gasteiger partial charge in [0.05, 0.1) is 5.69 Å². The SMILES string of the molecule is CC(C)N1c2c(Br)cc(C(=O)Nc3ccc(OC(F)(F)Cl)cc3)cc2C2CCC(I)C21. The second-order valence-corrected chi connectivity index (χ2v) is 11.0. The van der Waals surface area contributed by atoms with Crippen LogP contribution in [0.25, 0.3) is 0 Å². The van der Waals surface area contributed by atoms with Gasteiger partial charge < -0.3 is 15.0 Å². The van der Waals surface area contributed by atoms with E-state index >= 15 is 0 Å². The number of amides is 1. The highest BCUT2D eigenvalue weighted by Crippen LogP contribution is 2.54. The molecule has 3 atom stereocenters. The number of halogens is 5. The minimum Gasteiger partial charge on any atom is -0.420 e. The molecule has 0 spiro atoms. The van der Waals surface area contributed by atoms with Gasteiger partial charge in [-0.1, -0.05) is 22.6 Å². The third-order valence-corrected chi connectivity index (χ3v) is 7.81. The first-order chi connectivity index (χ1) is 14.5. The topological polar surface area (TPSA) is 41.6 Å². The third-order valence-electron chi connectivity index (χ3n) is 5.77. The normalized spacial score (nSPS) is 22.5. The molecule has 3 unspecified atom stereocenters. The Hall–Kier alpha value is -1.13. The van der Waals surface area contributed by atoms with Gasteiger partial charge in [-0.25, -0.2) is 0 Å². The Bertz CT molecular complexity index is 1000. The van der Waals surface area contributed by atoms with Crippen LogP contribution in [-0.4, -0.2) is 27.5 Å². The lowest BCUT2D eigenvalue weighted by Gasteiger charge is -2.33. The molecular weight excluding hydrogens is 605 g/mol. The molecule has 1 amide bonds. The molecule has 0 saturated heterocycles. The van der Waals surface area contributed by atoms with Crippen molar-refractivity contribution in [2.24, 2.45) is 0 Å². The van der Waals surface area contributed by atoms with Crippen molar-refractivity contribution in [3.63, 3.8) is 0 Å². The highest BCUT2D eigenvalue weighted by Gasteiger charge is 2.48. The fraction of sp³-hybridized carbons (Fsp3) is 0.409. The summed E-state index contributed by atoms with van der Waals surface area (Å²) in [4.78, 5) is 15.4. The van der Waals surface area contributed by atoms with E-state index in [2.05, 4.69) is 67.3 Å². The number of fused-ring (bicyclic) bond motifs is 3. The lowest BCUT2D eigenvalue weighted by atomic mass is 9.95. The first-order valence-electron chi connectivity index (χ1n) is 9.98. The number of alkyl halides is 4. The second-order valence-electron chi connectivity index (χ2n) is 8.11. The van der Waals surface area contributed by atoms with Crippen molar-refractivity contribution in [2.75, 3.05) is 10.2 Å². The minimum absolute atomic E-state index is 0.0901. The standard InChI is InChI=1S/C22H21BrClF2IN2O2/c1-11(2)29-19-16(15-7-8-18(27)20(15)29)9-12(10-17(19)23)21(30)28-13-3-5-14(6-4-13)31-22(24,25)26/h3-6,9-11,15,18,20H,7-8H2,1-2H3,(H,28,30). The van der Waals surface area contributed by atoms with E-state index in [4.69, 9.17) is 11.6 Å². The van der Waals surface area contributed by atoms with Gasteiger partial charge in [0.15, 0.2) is 0 Å². The van der Waals surface area contributed by atoms with Crippen LogP contribution in [0, 0.1) is 0 Å². The molecule has 0 aromatic heterocycles. The Morgan fingerprint density at radius 1 is 1.29 bits per heavy atom. The lowest BCUT2D eigenvalue weighted by molar-refractivity contribution is -0.0964. The molecule has 1 aliphatic carbocycles. The molecule has 1 N–H and O–H groups in total. The number of nitrogens with one attached hydrogen (secondary N) is 1. The smallest absolute Gasteiger partial charge is 0.420 e. The van der Waals surface area contributed by atoms with Gasteiger partial charge in [0, 0.05) is 49.3 Å². The van der Waals surface area contributed by atoms with Gasteiger partial charge in [-0.15, -0.1) is 8.78 Å². The fourth-order valence-electron chi connectivity index (χ4n) is 4.64. The molecule has 0 radical (unpaired) electrons. The van der Waals surface area contributed by atoms with Gasteiger partial charge in [-0.3, -0.25) is 4.79 Å². The van der Waals surface area contributed by atoms with Crippen LogP contribution >= 0.6 is 50.1 Å².